The summed E-state index contributed by atoms with van der Waals surface area (Å²) < 4.78 is 13.8. The Morgan fingerprint density at radius 2 is 2.15 bits per heavy atom. The summed E-state index contributed by atoms with van der Waals surface area (Å²) in [5, 5.41) is 0.221. The van der Waals surface area contributed by atoms with E-state index in [9.17, 15) is 4.39 Å². The smallest absolute Gasteiger partial charge is 0.142 e. The summed E-state index contributed by atoms with van der Waals surface area (Å²) in [6, 6.07) is 3.17. The molecule has 0 atom stereocenters. The molecule has 3 heteroatoms. The van der Waals surface area contributed by atoms with Crippen molar-refractivity contribution in [3.8, 4) is 0 Å². The molecule has 1 fully saturated rings. The molecule has 0 N–H and O–H groups in total. The summed E-state index contributed by atoms with van der Waals surface area (Å²) in [4.78, 5) is 0. The predicted octanol–water partition coefficient (Wildman–Crippen LogP) is 4.19. The molecule has 70 valence electrons. The minimum absolute atomic E-state index is 0.221. The second-order valence-corrected chi connectivity index (χ2v) is 4.77. The van der Waals surface area contributed by atoms with Gasteiger partial charge in [-0.2, -0.15) is 0 Å². The zero-order valence-corrected chi connectivity index (χ0v) is 9.33. The Hall–Kier alpha value is -0.0800. The van der Waals surface area contributed by atoms with Gasteiger partial charge in [-0.1, -0.05) is 27.5 Å². The van der Waals surface area contributed by atoms with Crippen LogP contribution in [0.1, 0.15) is 18.4 Å². The van der Waals surface area contributed by atoms with Crippen LogP contribution in [0, 0.1) is 11.7 Å². The van der Waals surface area contributed by atoms with Crippen LogP contribution in [0.15, 0.2) is 16.6 Å². The number of hydrogen-bond acceptors (Lipinski definition) is 0. The Morgan fingerprint density at radius 1 is 1.46 bits per heavy atom. The summed E-state index contributed by atoms with van der Waals surface area (Å²) in [7, 11) is 0. The van der Waals surface area contributed by atoms with E-state index in [0.29, 0.717) is 0 Å². The Bertz CT molecular complexity index is 334. The second kappa shape index (κ2) is 3.58. The average Bonchev–Trinajstić information content (AvgIpc) is 2.84. The van der Waals surface area contributed by atoms with Crippen LogP contribution in [0.2, 0.25) is 5.02 Å². The van der Waals surface area contributed by atoms with Gasteiger partial charge in [-0.3, -0.25) is 0 Å². The molecule has 1 aromatic rings. The first kappa shape index (κ1) is 9.47. The van der Waals surface area contributed by atoms with Gasteiger partial charge in [-0.05, 0) is 42.9 Å². The Labute approximate surface area is 90.2 Å². The Balaban J connectivity index is 2.27. The fourth-order valence-electron chi connectivity index (χ4n) is 1.35. The molecule has 0 unspecified atom stereocenters. The third kappa shape index (κ3) is 2.23. The van der Waals surface area contributed by atoms with Gasteiger partial charge < -0.3 is 0 Å². The highest BCUT2D eigenvalue weighted by Gasteiger charge is 2.22. The first-order valence-corrected chi connectivity index (χ1v) is 5.47. The molecule has 0 aromatic heterocycles. The van der Waals surface area contributed by atoms with Crippen LogP contribution < -0.4 is 0 Å². The summed E-state index contributed by atoms with van der Waals surface area (Å²) >= 11 is 9.03. The lowest BCUT2D eigenvalue weighted by molar-refractivity contribution is 0.625. The number of rotatable bonds is 2. The molecule has 0 radical (unpaired) electrons. The maximum absolute atomic E-state index is 13.0. The zero-order chi connectivity index (χ0) is 9.42. The fourth-order valence-corrected chi connectivity index (χ4v) is 2.02. The highest BCUT2D eigenvalue weighted by Crippen LogP contribution is 2.35. The van der Waals surface area contributed by atoms with Crippen molar-refractivity contribution in [2.24, 2.45) is 5.92 Å². The summed E-state index contributed by atoms with van der Waals surface area (Å²) in [6.45, 7) is 0. The Morgan fingerprint density at radius 3 is 2.77 bits per heavy atom. The largest absolute Gasteiger partial charge is 0.205 e. The molecule has 1 aliphatic carbocycles. The lowest BCUT2D eigenvalue weighted by Gasteiger charge is -2.04. The van der Waals surface area contributed by atoms with Crippen LogP contribution in [0.4, 0.5) is 4.39 Å². The lowest BCUT2D eigenvalue weighted by atomic mass is 10.1. The van der Waals surface area contributed by atoms with Crippen LogP contribution in [0.25, 0.3) is 0 Å². The summed E-state index contributed by atoms with van der Waals surface area (Å²) in [5.74, 6) is 0.436. The van der Waals surface area contributed by atoms with Crippen molar-refractivity contribution < 1.29 is 4.39 Å². The quantitative estimate of drug-likeness (QED) is 0.702. The van der Waals surface area contributed by atoms with E-state index in [4.69, 9.17) is 11.6 Å². The highest BCUT2D eigenvalue weighted by molar-refractivity contribution is 9.10. The molecule has 1 aromatic carbocycles. The van der Waals surface area contributed by atoms with Crippen LogP contribution >= 0.6 is 27.5 Å². The molecular weight excluding hydrogens is 254 g/mol. The van der Waals surface area contributed by atoms with Gasteiger partial charge in [0.15, 0.2) is 0 Å². The van der Waals surface area contributed by atoms with Crippen molar-refractivity contribution in [1.29, 1.82) is 0 Å². The number of benzene rings is 1. The van der Waals surface area contributed by atoms with E-state index in [-0.39, 0.29) is 10.8 Å². The first-order valence-electron chi connectivity index (χ1n) is 4.30. The maximum atomic E-state index is 13.0. The van der Waals surface area contributed by atoms with Crippen LogP contribution in [0.5, 0.6) is 0 Å². The van der Waals surface area contributed by atoms with Gasteiger partial charge in [-0.15, -0.1) is 0 Å². The van der Waals surface area contributed by atoms with Crippen molar-refractivity contribution in [1.82, 2.24) is 0 Å². The van der Waals surface area contributed by atoms with E-state index in [1.165, 1.54) is 18.9 Å². The zero-order valence-electron chi connectivity index (χ0n) is 6.99. The van der Waals surface area contributed by atoms with Crippen LogP contribution in [-0.4, -0.2) is 0 Å². The van der Waals surface area contributed by atoms with Crippen molar-refractivity contribution >= 4 is 27.5 Å². The molecule has 0 aliphatic heterocycles. The topological polar surface area (TPSA) is 0 Å². The highest BCUT2D eigenvalue weighted by atomic mass is 79.9. The van der Waals surface area contributed by atoms with Gasteiger partial charge in [0, 0.05) is 4.47 Å². The maximum Gasteiger partial charge on any atom is 0.142 e. The molecule has 0 spiro atoms. The molecule has 0 saturated heterocycles. The van der Waals surface area contributed by atoms with Gasteiger partial charge in [0.1, 0.15) is 5.82 Å². The number of hydrogen-bond donors (Lipinski definition) is 0. The van der Waals surface area contributed by atoms with Crippen molar-refractivity contribution in [2.45, 2.75) is 19.3 Å². The summed E-state index contributed by atoms with van der Waals surface area (Å²) in [5.41, 5.74) is 1.12. The third-order valence-electron chi connectivity index (χ3n) is 2.29. The molecule has 1 aliphatic rings. The monoisotopic (exact) mass is 262 g/mol. The molecule has 13 heavy (non-hydrogen) atoms. The first-order chi connectivity index (χ1) is 6.16. The molecular formula is C10H9BrClF. The van der Waals surface area contributed by atoms with Gasteiger partial charge >= 0.3 is 0 Å². The minimum Gasteiger partial charge on any atom is -0.205 e. The minimum atomic E-state index is -0.354. The van der Waals surface area contributed by atoms with Crippen LogP contribution in [-0.2, 0) is 6.42 Å². The van der Waals surface area contributed by atoms with E-state index in [1.807, 2.05) is 0 Å². The fraction of sp³-hybridized carbons (Fsp3) is 0.400. The van der Waals surface area contributed by atoms with E-state index in [1.54, 1.807) is 6.07 Å². The van der Waals surface area contributed by atoms with E-state index in [2.05, 4.69) is 15.9 Å². The summed E-state index contributed by atoms with van der Waals surface area (Å²) in [6.07, 6.45) is 3.60. The predicted molar refractivity (Wildman–Crippen MR) is 55.5 cm³/mol. The lowest BCUT2D eigenvalue weighted by Crippen LogP contribution is -1.90. The van der Waals surface area contributed by atoms with E-state index >= 15 is 0 Å². The molecule has 0 amide bonds. The van der Waals surface area contributed by atoms with E-state index < -0.39 is 0 Å². The van der Waals surface area contributed by atoms with Gasteiger partial charge in [0.2, 0.25) is 0 Å². The van der Waals surface area contributed by atoms with E-state index in [0.717, 1.165) is 22.4 Å². The SMILES string of the molecule is Fc1cc(Br)c(CC2CC2)cc1Cl. The van der Waals surface area contributed by atoms with Crippen molar-refractivity contribution in [3.63, 3.8) is 0 Å². The number of halogens is 3. The molecule has 2 rings (SSSR count). The second-order valence-electron chi connectivity index (χ2n) is 3.51. The van der Waals surface area contributed by atoms with Gasteiger partial charge in [0.05, 0.1) is 5.02 Å². The molecule has 0 nitrogen and oxygen atoms in total. The Kier molecular flexibility index (Phi) is 2.61. The van der Waals surface area contributed by atoms with Crippen LogP contribution in [0.3, 0.4) is 0 Å². The third-order valence-corrected chi connectivity index (χ3v) is 3.32. The molecule has 0 heterocycles. The average molecular weight is 264 g/mol. The molecule has 0 bridgehead atoms. The molecule has 1 saturated carbocycles. The van der Waals surface area contributed by atoms with Gasteiger partial charge in [-0.25, -0.2) is 4.39 Å². The normalized spacial score (nSPS) is 16.2. The van der Waals surface area contributed by atoms with Crippen molar-refractivity contribution in [2.75, 3.05) is 0 Å². The standard InChI is InChI=1S/C10H9BrClF/c11-8-5-10(13)9(12)4-7(8)3-6-1-2-6/h4-6H,1-3H2. The van der Waals surface area contributed by atoms with Crippen molar-refractivity contribution in [3.05, 3.63) is 33.0 Å². The van der Waals surface area contributed by atoms with Gasteiger partial charge in [0.25, 0.3) is 0 Å².